The highest BCUT2D eigenvalue weighted by Gasteiger charge is 2.35. The number of carbonyl (C=O) groups excluding carboxylic acids is 1. The molecule has 0 aliphatic carbocycles. The molecular formula is C17H26N2O. The molecular weight excluding hydrogens is 248 g/mol. The van der Waals surface area contributed by atoms with Gasteiger partial charge in [0.2, 0.25) is 5.91 Å². The van der Waals surface area contributed by atoms with E-state index < -0.39 is 0 Å². The van der Waals surface area contributed by atoms with Crippen LogP contribution in [0, 0.1) is 6.92 Å². The maximum atomic E-state index is 11.1. The molecule has 1 aliphatic rings. The smallest absolute Gasteiger partial charge is 0.216 e. The summed E-state index contributed by atoms with van der Waals surface area (Å²) < 4.78 is 0. The molecule has 0 fully saturated rings. The summed E-state index contributed by atoms with van der Waals surface area (Å²) in [7, 11) is 0. The molecule has 1 unspecified atom stereocenters. The maximum absolute atomic E-state index is 11.1. The molecule has 1 aliphatic heterocycles. The van der Waals surface area contributed by atoms with E-state index in [1.54, 1.807) is 6.92 Å². The Morgan fingerprint density at radius 2 is 2.15 bits per heavy atom. The van der Waals surface area contributed by atoms with E-state index in [0.29, 0.717) is 12.5 Å². The molecule has 1 amide bonds. The van der Waals surface area contributed by atoms with Crippen LogP contribution in [0.1, 0.15) is 51.2 Å². The molecule has 0 saturated heterocycles. The van der Waals surface area contributed by atoms with Crippen LogP contribution in [0.25, 0.3) is 0 Å². The normalized spacial score (nSPS) is 20.4. The Balaban J connectivity index is 2.30. The van der Waals surface area contributed by atoms with E-state index in [1.165, 1.54) is 16.8 Å². The second kappa shape index (κ2) is 5.47. The summed E-state index contributed by atoms with van der Waals surface area (Å²) in [5.74, 6) is 0.621. The molecule has 0 radical (unpaired) electrons. The first kappa shape index (κ1) is 14.9. The van der Waals surface area contributed by atoms with E-state index in [0.717, 1.165) is 13.0 Å². The molecule has 3 nitrogen and oxygen atoms in total. The minimum Gasteiger partial charge on any atom is -0.364 e. The average Bonchev–Trinajstić information content (AvgIpc) is 2.31. The number of hydrogen-bond donors (Lipinski definition) is 1. The van der Waals surface area contributed by atoms with E-state index in [4.69, 9.17) is 0 Å². The molecule has 1 atom stereocenters. The highest BCUT2D eigenvalue weighted by molar-refractivity contribution is 5.72. The highest BCUT2D eigenvalue weighted by Crippen LogP contribution is 2.43. The minimum atomic E-state index is 0.0395. The molecule has 0 aromatic heterocycles. The molecule has 0 spiro atoms. The Hall–Kier alpha value is -1.51. The lowest BCUT2D eigenvalue weighted by Gasteiger charge is -2.47. The van der Waals surface area contributed by atoms with Gasteiger partial charge in [0.05, 0.1) is 0 Å². The van der Waals surface area contributed by atoms with Crippen LogP contribution < -0.4 is 10.2 Å². The second-order valence-corrected chi connectivity index (χ2v) is 6.61. The lowest BCUT2D eigenvalue weighted by molar-refractivity contribution is -0.118. The van der Waals surface area contributed by atoms with Crippen LogP contribution >= 0.6 is 0 Å². The summed E-state index contributed by atoms with van der Waals surface area (Å²) in [5.41, 5.74) is 4.17. The van der Waals surface area contributed by atoms with Crippen molar-refractivity contribution in [2.75, 3.05) is 18.0 Å². The Labute approximate surface area is 122 Å². The fourth-order valence-electron chi connectivity index (χ4n) is 3.37. The molecule has 110 valence electrons. The Kier molecular flexibility index (Phi) is 4.07. The van der Waals surface area contributed by atoms with E-state index in [-0.39, 0.29) is 11.4 Å². The first-order chi connectivity index (χ1) is 9.31. The minimum absolute atomic E-state index is 0.0395. The fraction of sp³-hybridized carbons (Fsp3) is 0.588. The molecule has 1 heterocycles. The number of anilines is 1. The van der Waals surface area contributed by atoms with Crippen molar-refractivity contribution in [2.24, 2.45) is 0 Å². The molecule has 20 heavy (non-hydrogen) atoms. The summed E-state index contributed by atoms with van der Waals surface area (Å²) in [4.78, 5) is 13.5. The van der Waals surface area contributed by atoms with Crippen LogP contribution in [-0.4, -0.2) is 24.5 Å². The van der Waals surface area contributed by atoms with Crippen LogP contribution in [0.2, 0.25) is 0 Å². The maximum Gasteiger partial charge on any atom is 0.216 e. The van der Waals surface area contributed by atoms with E-state index in [2.05, 4.69) is 56.1 Å². The number of nitrogens with one attached hydrogen (secondary N) is 1. The third kappa shape index (κ3) is 2.97. The number of nitrogens with zero attached hydrogens (tertiary/aromatic N) is 1. The van der Waals surface area contributed by atoms with Crippen molar-refractivity contribution in [3.05, 3.63) is 29.3 Å². The van der Waals surface area contributed by atoms with Gasteiger partial charge in [-0.05, 0) is 50.3 Å². The van der Waals surface area contributed by atoms with Gasteiger partial charge in [-0.25, -0.2) is 0 Å². The molecule has 1 N–H and O–H groups in total. The van der Waals surface area contributed by atoms with Crippen LogP contribution in [0.3, 0.4) is 0 Å². The topological polar surface area (TPSA) is 32.3 Å². The van der Waals surface area contributed by atoms with Crippen molar-refractivity contribution in [3.8, 4) is 0 Å². The zero-order valence-corrected chi connectivity index (χ0v) is 13.3. The first-order valence-electron chi connectivity index (χ1n) is 7.44. The van der Waals surface area contributed by atoms with Gasteiger partial charge in [-0.3, -0.25) is 4.79 Å². The van der Waals surface area contributed by atoms with Gasteiger partial charge in [-0.15, -0.1) is 0 Å². The number of carbonyl (C=O) groups is 1. The largest absolute Gasteiger partial charge is 0.364 e. The van der Waals surface area contributed by atoms with Crippen LogP contribution in [-0.2, 0) is 4.79 Å². The van der Waals surface area contributed by atoms with Gasteiger partial charge in [-0.2, -0.15) is 0 Å². The second-order valence-electron chi connectivity index (χ2n) is 6.61. The lowest BCUT2D eigenvalue weighted by atomic mass is 9.79. The predicted molar refractivity (Wildman–Crippen MR) is 84.3 cm³/mol. The number of aryl methyl sites for hydroxylation is 1. The number of rotatable bonds is 3. The average molecular weight is 274 g/mol. The molecule has 0 saturated carbocycles. The van der Waals surface area contributed by atoms with Crippen LogP contribution in [0.4, 0.5) is 5.69 Å². The van der Waals surface area contributed by atoms with Gasteiger partial charge in [0, 0.05) is 31.2 Å². The summed E-state index contributed by atoms with van der Waals surface area (Å²) in [6.07, 6.45) is 1.14. The quantitative estimate of drug-likeness (QED) is 0.918. The van der Waals surface area contributed by atoms with Gasteiger partial charge in [0.15, 0.2) is 0 Å². The van der Waals surface area contributed by atoms with Crippen molar-refractivity contribution < 1.29 is 4.79 Å². The summed E-state index contributed by atoms with van der Waals surface area (Å²) in [6.45, 7) is 12.2. The molecule has 2 rings (SSSR count). The van der Waals surface area contributed by atoms with Gasteiger partial charge in [-0.1, -0.05) is 19.1 Å². The van der Waals surface area contributed by atoms with Gasteiger partial charge in [0.1, 0.15) is 0 Å². The number of fused-ring (bicyclic) bond motifs is 1. The van der Waals surface area contributed by atoms with Crippen molar-refractivity contribution in [3.63, 3.8) is 0 Å². The van der Waals surface area contributed by atoms with Crippen molar-refractivity contribution in [1.82, 2.24) is 5.32 Å². The molecule has 1 aromatic rings. The Morgan fingerprint density at radius 3 is 2.80 bits per heavy atom. The summed E-state index contributed by atoms with van der Waals surface area (Å²) >= 11 is 0. The molecule has 1 aromatic carbocycles. The van der Waals surface area contributed by atoms with Crippen molar-refractivity contribution in [1.29, 1.82) is 0 Å². The van der Waals surface area contributed by atoms with Crippen LogP contribution in [0.5, 0.6) is 0 Å². The standard InChI is InChI=1S/C17H26N2O/c1-12-6-7-15-13(2)11-17(4,5)19(16(15)10-12)9-8-18-14(3)20/h6-7,10,13H,8-9,11H2,1-5H3,(H,18,20). The number of benzene rings is 1. The SMILES string of the molecule is CC(=O)NCCN1c2cc(C)ccc2C(C)CC1(C)C. The molecule has 3 heteroatoms. The van der Waals surface area contributed by atoms with Crippen molar-refractivity contribution >= 4 is 11.6 Å². The number of amides is 1. The lowest BCUT2D eigenvalue weighted by Crippen LogP contribution is -2.51. The third-order valence-electron chi connectivity index (χ3n) is 4.25. The van der Waals surface area contributed by atoms with Gasteiger partial charge < -0.3 is 10.2 Å². The van der Waals surface area contributed by atoms with Gasteiger partial charge in [0.25, 0.3) is 0 Å². The van der Waals surface area contributed by atoms with Crippen molar-refractivity contribution in [2.45, 2.75) is 52.5 Å². The van der Waals surface area contributed by atoms with E-state index in [9.17, 15) is 4.79 Å². The Bertz CT molecular complexity index is 508. The monoisotopic (exact) mass is 274 g/mol. The zero-order valence-electron chi connectivity index (χ0n) is 13.3. The Morgan fingerprint density at radius 1 is 1.45 bits per heavy atom. The highest BCUT2D eigenvalue weighted by atomic mass is 16.1. The van der Waals surface area contributed by atoms with Gasteiger partial charge >= 0.3 is 0 Å². The number of hydrogen-bond acceptors (Lipinski definition) is 2. The third-order valence-corrected chi connectivity index (χ3v) is 4.25. The summed E-state index contributed by atoms with van der Waals surface area (Å²) in [6, 6.07) is 6.73. The fourth-order valence-corrected chi connectivity index (χ4v) is 3.37. The van der Waals surface area contributed by atoms with E-state index >= 15 is 0 Å². The summed E-state index contributed by atoms with van der Waals surface area (Å²) in [5, 5.41) is 2.91. The van der Waals surface area contributed by atoms with E-state index in [1.807, 2.05) is 0 Å². The zero-order chi connectivity index (χ0) is 14.9. The molecule has 0 bridgehead atoms. The first-order valence-corrected chi connectivity index (χ1v) is 7.44. The predicted octanol–water partition coefficient (Wildman–Crippen LogP) is 3.22. The van der Waals surface area contributed by atoms with Crippen LogP contribution in [0.15, 0.2) is 18.2 Å².